The van der Waals surface area contributed by atoms with Crippen molar-refractivity contribution in [1.82, 2.24) is 19.8 Å². The first kappa shape index (κ1) is 30.1. The summed E-state index contributed by atoms with van der Waals surface area (Å²) in [5.74, 6) is -1.05. The van der Waals surface area contributed by atoms with Gasteiger partial charge >= 0.3 is 6.01 Å². The van der Waals surface area contributed by atoms with Gasteiger partial charge in [0.15, 0.2) is 5.83 Å². The number of nitriles is 1. The minimum atomic E-state index is -1.01. The highest BCUT2D eigenvalue weighted by Gasteiger charge is 2.45. The maximum atomic E-state index is 13.9. The molecule has 3 fully saturated rings. The van der Waals surface area contributed by atoms with E-state index in [4.69, 9.17) is 19.4 Å². The molecule has 45 heavy (non-hydrogen) atoms. The van der Waals surface area contributed by atoms with E-state index in [1.54, 1.807) is 0 Å². The number of rotatable bonds is 7. The maximum Gasteiger partial charge on any atom is 0.318 e. The van der Waals surface area contributed by atoms with Crippen LogP contribution in [0.15, 0.2) is 30.6 Å². The molecule has 5 heterocycles. The third kappa shape index (κ3) is 5.59. The number of amides is 1. The van der Waals surface area contributed by atoms with Gasteiger partial charge in [-0.3, -0.25) is 9.69 Å². The van der Waals surface area contributed by atoms with Crippen molar-refractivity contribution in [3.8, 4) is 12.1 Å². The fourth-order valence-corrected chi connectivity index (χ4v) is 8.60. The van der Waals surface area contributed by atoms with E-state index in [1.165, 1.54) is 47.3 Å². The van der Waals surface area contributed by atoms with Gasteiger partial charge in [-0.15, -0.1) is 0 Å². The molecule has 10 heteroatoms. The lowest BCUT2D eigenvalue weighted by Crippen LogP contribution is -2.55. The zero-order valence-electron chi connectivity index (χ0n) is 26.3. The van der Waals surface area contributed by atoms with Crippen LogP contribution in [0.2, 0.25) is 0 Å². The molecule has 7 rings (SSSR count). The Kier molecular flexibility index (Phi) is 8.25. The van der Waals surface area contributed by atoms with Gasteiger partial charge in [-0.05, 0) is 88.1 Å². The zero-order chi connectivity index (χ0) is 31.1. The Labute approximate surface area is 265 Å². The number of nitrogens with zero attached hydrogens (tertiary/aromatic N) is 6. The topological polar surface area (TPSA) is 94.8 Å². The molecule has 5 aliphatic rings. The van der Waals surface area contributed by atoms with E-state index in [1.807, 2.05) is 0 Å². The van der Waals surface area contributed by atoms with Crippen LogP contribution < -0.4 is 9.64 Å². The van der Waals surface area contributed by atoms with E-state index in [0.717, 1.165) is 55.8 Å². The van der Waals surface area contributed by atoms with Gasteiger partial charge in [0.05, 0.1) is 42.0 Å². The maximum absolute atomic E-state index is 13.9. The molecule has 4 aliphatic heterocycles. The fourth-order valence-electron chi connectivity index (χ4n) is 8.60. The van der Waals surface area contributed by atoms with E-state index in [9.17, 15) is 14.4 Å². The molecule has 0 unspecified atom stereocenters. The second kappa shape index (κ2) is 12.3. The minimum Gasteiger partial charge on any atom is -0.461 e. The molecule has 1 aliphatic carbocycles. The van der Waals surface area contributed by atoms with Crippen molar-refractivity contribution in [2.24, 2.45) is 0 Å². The predicted molar refractivity (Wildman–Crippen MR) is 168 cm³/mol. The van der Waals surface area contributed by atoms with E-state index >= 15 is 0 Å². The van der Waals surface area contributed by atoms with Gasteiger partial charge in [0.1, 0.15) is 12.4 Å². The molecule has 0 bridgehead atoms. The molecule has 0 N–H and O–H groups in total. The number of aryl methyl sites for hydroxylation is 1. The van der Waals surface area contributed by atoms with Gasteiger partial charge in [0.25, 0.3) is 5.91 Å². The predicted octanol–water partition coefficient (Wildman–Crippen LogP) is 5.15. The summed E-state index contributed by atoms with van der Waals surface area (Å²) in [6, 6.07) is 8.66. The molecule has 9 nitrogen and oxygen atoms in total. The second-order valence-electron chi connectivity index (χ2n) is 13.4. The lowest BCUT2D eigenvalue weighted by molar-refractivity contribution is -0.131. The molecule has 2 aromatic rings. The summed E-state index contributed by atoms with van der Waals surface area (Å²) >= 11 is 0. The standard InChI is InChI=1S/C35H43FN6O3/c1-23(36)33(43)42-19-18-40(21-26(42)12-15-37)32-31-24(2)45-30(28-11-5-9-25-8-3-4-10-27(25)28)20-29(31)38-34(39-32)44-22-35-13-6-16-41(35)17-7-14-35/h5,9,11,24,26,30H,1,3-4,6-8,10,12-14,16-22H2,2H3/t24-,26-,30-/m0/s1. The lowest BCUT2D eigenvalue weighted by Gasteiger charge is -2.42. The molecule has 1 amide bonds. The van der Waals surface area contributed by atoms with E-state index in [0.29, 0.717) is 32.1 Å². The van der Waals surface area contributed by atoms with Crippen LogP contribution in [-0.2, 0) is 28.8 Å². The van der Waals surface area contributed by atoms with Crippen molar-refractivity contribution in [1.29, 1.82) is 5.26 Å². The number of ether oxygens (including phenoxy) is 2. The van der Waals surface area contributed by atoms with Crippen molar-refractivity contribution >= 4 is 11.7 Å². The Morgan fingerprint density at radius 1 is 1.16 bits per heavy atom. The lowest BCUT2D eigenvalue weighted by atomic mass is 9.84. The summed E-state index contributed by atoms with van der Waals surface area (Å²) in [6.07, 6.45) is 9.53. The van der Waals surface area contributed by atoms with Crippen LogP contribution in [-0.4, -0.2) is 76.6 Å². The Bertz CT molecular complexity index is 1510. The van der Waals surface area contributed by atoms with Gasteiger partial charge in [-0.25, -0.2) is 4.39 Å². The van der Waals surface area contributed by atoms with Crippen molar-refractivity contribution in [2.75, 3.05) is 44.2 Å². The van der Waals surface area contributed by atoms with Crippen molar-refractivity contribution < 1.29 is 18.7 Å². The first-order valence-corrected chi connectivity index (χ1v) is 16.7. The second-order valence-corrected chi connectivity index (χ2v) is 13.4. The summed E-state index contributed by atoms with van der Waals surface area (Å²) < 4.78 is 27.2. The molecular formula is C35H43FN6O3. The fraction of sp³-hybridized carbons (Fsp3) is 0.600. The van der Waals surface area contributed by atoms with E-state index in [-0.39, 0.29) is 30.7 Å². The largest absolute Gasteiger partial charge is 0.461 e. The molecule has 3 saturated heterocycles. The number of anilines is 1. The third-order valence-corrected chi connectivity index (χ3v) is 10.8. The highest BCUT2D eigenvalue weighted by molar-refractivity contribution is 5.91. The molecule has 0 spiro atoms. The number of hydrogen-bond donors (Lipinski definition) is 0. The molecule has 1 aromatic heterocycles. The van der Waals surface area contributed by atoms with E-state index in [2.05, 4.69) is 47.6 Å². The van der Waals surface area contributed by atoms with Crippen molar-refractivity contribution in [3.63, 3.8) is 0 Å². The normalized spacial score (nSPS) is 25.7. The Morgan fingerprint density at radius 2 is 1.96 bits per heavy atom. The first-order valence-electron chi connectivity index (χ1n) is 16.7. The highest BCUT2D eigenvalue weighted by atomic mass is 19.1. The summed E-state index contributed by atoms with van der Waals surface area (Å²) in [6.45, 7) is 9.09. The number of fused-ring (bicyclic) bond motifs is 3. The number of carbonyl (C=O) groups excluding carboxylic acids is 1. The molecule has 238 valence electrons. The monoisotopic (exact) mass is 614 g/mol. The van der Waals surface area contributed by atoms with Crippen LogP contribution in [0.25, 0.3) is 0 Å². The number of benzene rings is 1. The molecule has 3 atom stereocenters. The Hall–Kier alpha value is -3.55. The van der Waals surface area contributed by atoms with Crippen LogP contribution in [0, 0.1) is 11.3 Å². The van der Waals surface area contributed by atoms with Gasteiger partial charge < -0.3 is 19.3 Å². The van der Waals surface area contributed by atoms with Crippen molar-refractivity contribution in [2.45, 2.75) is 94.9 Å². The SMILES string of the molecule is C=C(F)C(=O)N1CCN(c2nc(OCC34CCCN3CCC4)nc3c2[C@H](C)O[C@H](c2cccc4c2CCCC4)C3)C[C@@H]1CC#N. The number of aromatic nitrogens is 2. The van der Waals surface area contributed by atoms with Crippen LogP contribution in [0.4, 0.5) is 10.2 Å². The molecular weight excluding hydrogens is 571 g/mol. The van der Waals surface area contributed by atoms with Crippen molar-refractivity contribution in [3.05, 3.63) is 58.6 Å². The van der Waals surface area contributed by atoms with Crippen LogP contribution >= 0.6 is 0 Å². The van der Waals surface area contributed by atoms with Gasteiger partial charge in [0.2, 0.25) is 0 Å². The minimum absolute atomic E-state index is 0.0557. The number of carbonyl (C=O) groups is 1. The zero-order valence-corrected chi connectivity index (χ0v) is 26.3. The average molecular weight is 615 g/mol. The third-order valence-electron chi connectivity index (χ3n) is 10.8. The Morgan fingerprint density at radius 3 is 2.73 bits per heavy atom. The average Bonchev–Trinajstić information content (AvgIpc) is 3.63. The molecule has 1 aromatic carbocycles. The quantitative estimate of drug-likeness (QED) is 0.396. The number of hydrogen-bond acceptors (Lipinski definition) is 8. The van der Waals surface area contributed by atoms with Gasteiger partial charge in [-0.1, -0.05) is 24.8 Å². The highest BCUT2D eigenvalue weighted by Crippen LogP contribution is 2.44. The Balaban J connectivity index is 1.23. The summed E-state index contributed by atoms with van der Waals surface area (Å²) in [7, 11) is 0. The van der Waals surface area contributed by atoms with E-state index < -0.39 is 17.8 Å². The van der Waals surface area contributed by atoms with Gasteiger partial charge in [0, 0.05) is 31.6 Å². The number of piperazine rings is 1. The first-order chi connectivity index (χ1) is 21.9. The molecule has 0 saturated carbocycles. The van der Waals surface area contributed by atoms with Crippen LogP contribution in [0.3, 0.4) is 0 Å². The van der Waals surface area contributed by atoms with Gasteiger partial charge in [-0.2, -0.15) is 15.2 Å². The summed E-state index contributed by atoms with van der Waals surface area (Å²) in [4.78, 5) is 28.8. The van der Waals surface area contributed by atoms with Crippen LogP contribution in [0.1, 0.15) is 92.0 Å². The smallest absolute Gasteiger partial charge is 0.318 e. The molecule has 0 radical (unpaired) electrons. The summed E-state index contributed by atoms with van der Waals surface area (Å²) in [5, 5.41) is 9.57. The van der Waals surface area contributed by atoms with Crippen LogP contribution in [0.5, 0.6) is 6.01 Å². The summed E-state index contributed by atoms with van der Waals surface area (Å²) in [5.41, 5.74) is 6.01. The number of halogens is 1.